The number of aromatic hydroxyl groups is 1. The second kappa shape index (κ2) is 7.82. The van der Waals surface area contributed by atoms with E-state index < -0.39 is 9.84 Å². The van der Waals surface area contributed by atoms with Crippen molar-refractivity contribution in [3.8, 4) is 17.6 Å². The summed E-state index contributed by atoms with van der Waals surface area (Å²) < 4.78 is 23.9. The van der Waals surface area contributed by atoms with E-state index in [1.54, 1.807) is 6.07 Å². The van der Waals surface area contributed by atoms with Crippen LogP contribution in [0.3, 0.4) is 0 Å². The Morgan fingerprint density at radius 2 is 2.04 bits per heavy atom. The van der Waals surface area contributed by atoms with E-state index in [-0.39, 0.29) is 11.5 Å². The first kappa shape index (κ1) is 19.0. The summed E-state index contributed by atoms with van der Waals surface area (Å²) in [5.41, 5.74) is 8.81. The van der Waals surface area contributed by atoms with Gasteiger partial charge in [0, 0.05) is 17.4 Å². The molecule has 0 bridgehead atoms. The number of anilines is 1. The summed E-state index contributed by atoms with van der Waals surface area (Å²) in [6.07, 6.45) is 0.957. The summed E-state index contributed by atoms with van der Waals surface area (Å²) in [6.45, 7) is 3.32. The first-order valence-corrected chi connectivity index (χ1v) is 10.7. The molecule has 0 saturated heterocycles. The molecule has 0 aliphatic heterocycles. The molecular weight excluding hydrogens is 380 g/mol. The largest absolute Gasteiger partial charge is 0.506 e. The van der Waals surface area contributed by atoms with Gasteiger partial charge < -0.3 is 10.8 Å². The fourth-order valence-corrected chi connectivity index (χ4v) is 4.07. The molecule has 7 heteroatoms. The number of hydrogen-bond acceptors (Lipinski definition) is 6. The van der Waals surface area contributed by atoms with E-state index in [1.807, 2.05) is 30.3 Å². The highest BCUT2D eigenvalue weighted by Gasteiger charge is 2.07. The average Bonchev–Trinajstić information content (AvgIpc) is 3.01. The number of benzene rings is 2. The molecule has 0 radical (unpaired) electrons. The first-order chi connectivity index (χ1) is 12.9. The van der Waals surface area contributed by atoms with Crippen LogP contribution in [0.15, 0.2) is 48.4 Å². The van der Waals surface area contributed by atoms with Crippen molar-refractivity contribution in [2.75, 3.05) is 11.5 Å². The van der Waals surface area contributed by atoms with E-state index in [9.17, 15) is 13.5 Å². The summed E-state index contributed by atoms with van der Waals surface area (Å²) in [5.74, 6) is 6.23. The highest BCUT2D eigenvalue weighted by atomic mass is 32.2. The maximum Gasteiger partial charge on any atom is 0.181 e. The molecule has 0 fully saturated rings. The quantitative estimate of drug-likeness (QED) is 0.644. The number of hydrogen-bond donors (Lipinski definition) is 2. The van der Waals surface area contributed by atoms with Crippen molar-refractivity contribution < 1.29 is 13.5 Å². The third kappa shape index (κ3) is 4.88. The third-order valence-corrected chi connectivity index (χ3v) is 6.05. The van der Waals surface area contributed by atoms with Gasteiger partial charge in [0.1, 0.15) is 11.3 Å². The van der Waals surface area contributed by atoms with E-state index >= 15 is 0 Å². The lowest BCUT2D eigenvalue weighted by Crippen LogP contribution is -2.04. The monoisotopic (exact) mass is 398 g/mol. The molecule has 0 saturated carbocycles. The minimum Gasteiger partial charge on any atom is -0.506 e. The summed E-state index contributed by atoms with van der Waals surface area (Å²) in [6, 6.07) is 11.1. The van der Waals surface area contributed by atoms with Crippen molar-refractivity contribution in [2.45, 2.75) is 12.8 Å². The molecule has 0 spiro atoms. The number of sulfone groups is 1. The molecule has 0 unspecified atom stereocenters. The molecule has 2 aromatic carbocycles. The minimum absolute atomic E-state index is 0.0445. The minimum atomic E-state index is -3.20. The van der Waals surface area contributed by atoms with Crippen LogP contribution in [0.4, 0.5) is 5.13 Å². The molecule has 3 rings (SSSR count). The highest BCUT2D eigenvalue weighted by molar-refractivity contribution is 7.94. The van der Waals surface area contributed by atoms with Crippen LogP contribution in [-0.4, -0.2) is 24.3 Å². The molecule has 3 N–H and O–H groups in total. The standard InChI is InChI=1S/C20H18N2O3S2/c1-2-27(24,25)10-9-15-7-3-5-14(11-15)6-4-8-16-12-17(23)19-18(13-16)26-20(21)22-19/h2-3,5,7,11-13,23H,1,6,9-10H2,(H2,21,22). The molecule has 3 aromatic rings. The number of aromatic nitrogens is 1. The number of phenolic OH excluding ortho intramolecular Hbond substituents is 1. The van der Waals surface area contributed by atoms with E-state index in [2.05, 4.69) is 23.4 Å². The molecule has 0 aliphatic carbocycles. The van der Waals surface area contributed by atoms with Crippen LogP contribution in [0.1, 0.15) is 16.7 Å². The Kier molecular flexibility index (Phi) is 5.49. The second-order valence-electron chi connectivity index (χ2n) is 5.98. The number of rotatable bonds is 5. The molecule has 5 nitrogen and oxygen atoms in total. The Hall–Kier alpha value is -2.82. The van der Waals surface area contributed by atoms with E-state index in [0.717, 1.165) is 21.2 Å². The zero-order chi connectivity index (χ0) is 19.4. The van der Waals surface area contributed by atoms with Crippen LogP contribution in [-0.2, 0) is 22.7 Å². The fraction of sp³-hybridized carbons (Fsp3) is 0.150. The lowest BCUT2D eigenvalue weighted by Gasteiger charge is -2.03. The average molecular weight is 399 g/mol. The lowest BCUT2D eigenvalue weighted by molar-refractivity contribution is 0.480. The van der Waals surface area contributed by atoms with Crippen molar-refractivity contribution in [1.29, 1.82) is 0 Å². The van der Waals surface area contributed by atoms with Crippen LogP contribution in [0.2, 0.25) is 0 Å². The van der Waals surface area contributed by atoms with Gasteiger partial charge in [-0.3, -0.25) is 0 Å². The lowest BCUT2D eigenvalue weighted by atomic mass is 10.1. The van der Waals surface area contributed by atoms with Gasteiger partial charge in [0.05, 0.1) is 10.5 Å². The summed E-state index contributed by atoms with van der Waals surface area (Å²) >= 11 is 1.30. The molecule has 0 atom stereocenters. The van der Waals surface area contributed by atoms with Gasteiger partial charge in [0.25, 0.3) is 0 Å². The molecule has 138 valence electrons. The maximum atomic E-state index is 11.5. The van der Waals surface area contributed by atoms with E-state index in [0.29, 0.717) is 29.1 Å². The SMILES string of the molecule is C=CS(=O)(=O)CCc1cccc(CC#Cc2cc(O)c3nc(N)sc3c2)c1. The molecule has 1 aromatic heterocycles. The Morgan fingerprint density at radius 3 is 2.81 bits per heavy atom. The van der Waals surface area contributed by atoms with Gasteiger partial charge in [-0.05, 0) is 29.7 Å². The number of nitrogens with zero attached hydrogens (tertiary/aromatic N) is 1. The Bertz CT molecular complexity index is 1170. The van der Waals surface area contributed by atoms with Gasteiger partial charge >= 0.3 is 0 Å². The van der Waals surface area contributed by atoms with Gasteiger partial charge in [-0.25, -0.2) is 13.4 Å². The first-order valence-electron chi connectivity index (χ1n) is 8.17. The molecule has 27 heavy (non-hydrogen) atoms. The van der Waals surface area contributed by atoms with Gasteiger partial charge in [-0.15, -0.1) is 0 Å². The molecule has 1 heterocycles. The third-order valence-electron chi connectivity index (χ3n) is 3.94. The summed E-state index contributed by atoms with van der Waals surface area (Å²) in [5, 5.41) is 11.4. The Labute approximate surface area is 162 Å². The predicted octanol–water partition coefficient (Wildman–Crippen LogP) is 3.28. The van der Waals surface area contributed by atoms with Crippen LogP contribution < -0.4 is 5.73 Å². The molecule has 0 aliphatic rings. The van der Waals surface area contributed by atoms with Crippen molar-refractivity contribution in [2.24, 2.45) is 0 Å². The van der Waals surface area contributed by atoms with Crippen molar-refractivity contribution in [1.82, 2.24) is 4.98 Å². The maximum absolute atomic E-state index is 11.5. The van der Waals surface area contributed by atoms with Crippen LogP contribution in [0, 0.1) is 11.8 Å². The van der Waals surface area contributed by atoms with E-state index in [1.165, 1.54) is 11.3 Å². The second-order valence-corrected chi connectivity index (χ2v) is 9.11. The fourth-order valence-electron chi connectivity index (χ4n) is 2.59. The van der Waals surface area contributed by atoms with Crippen molar-refractivity contribution in [3.05, 3.63) is 65.1 Å². The normalized spacial score (nSPS) is 11.1. The number of thiazole rings is 1. The topological polar surface area (TPSA) is 93.3 Å². The number of phenols is 1. The van der Waals surface area contributed by atoms with Crippen LogP contribution in [0.25, 0.3) is 10.2 Å². The zero-order valence-electron chi connectivity index (χ0n) is 14.5. The van der Waals surface area contributed by atoms with Crippen LogP contribution in [0.5, 0.6) is 5.75 Å². The number of fused-ring (bicyclic) bond motifs is 1. The van der Waals surface area contributed by atoms with E-state index in [4.69, 9.17) is 5.73 Å². The molecule has 0 amide bonds. The molecular formula is C20H18N2O3S2. The summed E-state index contributed by atoms with van der Waals surface area (Å²) in [7, 11) is -3.20. The van der Waals surface area contributed by atoms with Gasteiger partial charge in [0.15, 0.2) is 15.0 Å². The van der Waals surface area contributed by atoms with Gasteiger partial charge in [0.2, 0.25) is 0 Å². The predicted molar refractivity (Wildman–Crippen MR) is 110 cm³/mol. The summed E-state index contributed by atoms with van der Waals surface area (Å²) in [4.78, 5) is 4.08. The van der Waals surface area contributed by atoms with Crippen molar-refractivity contribution in [3.63, 3.8) is 0 Å². The highest BCUT2D eigenvalue weighted by Crippen LogP contribution is 2.31. The number of aryl methyl sites for hydroxylation is 1. The smallest absolute Gasteiger partial charge is 0.181 e. The number of nitrogens with two attached hydrogens (primary N) is 1. The Morgan fingerprint density at radius 1 is 1.26 bits per heavy atom. The van der Waals surface area contributed by atoms with Crippen LogP contribution >= 0.6 is 11.3 Å². The van der Waals surface area contributed by atoms with Crippen molar-refractivity contribution >= 4 is 36.5 Å². The van der Waals surface area contributed by atoms with Gasteiger partial charge in [-0.2, -0.15) is 0 Å². The number of nitrogen functional groups attached to an aromatic ring is 1. The van der Waals surface area contributed by atoms with Gasteiger partial charge in [-0.1, -0.05) is 54.0 Å². The Balaban J connectivity index is 1.72. The zero-order valence-corrected chi connectivity index (χ0v) is 16.1.